The Bertz CT molecular complexity index is 651. The summed E-state index contributed by atoms with van der Waals surface area (Å²) >= 11 is 0. The summed E-state index contributed by atoms with van der Waals surface area (Å²) in [7, 11) is -3.54. The van der Waals surface area contributed by atoms with Gasteiger partial charge in [-0.1, -0.05) is 6.42 Å². The smallest absolute Gasteiger partial charge is 0.246 e. The largest absolute Gasteiger partial charge is 0.340 e. The molecular formula is C14H22N4O3S. The Morgan fingerprint density at radius 3 is 2.27 bits per heavy atom. The third-order valence-electron chi connectivity index (χ3n) is 4.66. The summed E-state index contributed by atoms with van der Waals surface area (Å²) < 4.78 is 26.9. The van der Waals surface area contributed by atoms with Crippen molar-refractivity contribution in [3.63, 3.8) is 0 Å². The van der Waals surface area contributed by atoms with Crippen LogP contribution < -0.4 is 0 Å². The number of nitrogens with one attached hydrogen (secondary N) is 1. The maximum Gasteiger partial charge on any atom is 0.246 e. The zero-order chi connectivity index (χ0) is 15.9. The van der Waals surface area contributed by atoms with Gasteiger partial charge in [0.15, 0.2) is 0 Å². The molecule has 1 aromatic rings. The highest BCUT2D eigenvalue weighted by atomic mass is 32.2. The monoisotopic (exact) mass is 326 g/mol. The Labute approximate surface area is 130 Å². The number of nitrogens with zero attached hydrogens (tertiary/aromatic N) is 3. The second kappa shape index (κ2) is 5.66. The van der Waals surface area contributed by atoms with E-state index in [4.69, 9.17) is 0 Å². The second-order valence-electron chi connectivity index (χ2n) is 6.12. The van der Waals surface area contributed by atoms with Gasteiger partial charge >= 0.3 is 0 Å². The summed E-state index contributed by atoms with van der Waals surface area (Å²) in [5, 5.41) is 6.69. The van der Waals surface area contributed by atoms with Crippen LogP contribution in [0.15, 0.2) is 4.90 Å². The van der Waals surface area contributed by atoms with Crippen molar-refractivity contribution in [2.45, 2.75) is 38.0 Å². The average molecular weight is 326 g/mol. The quantitative estimate of drug-likeness (QED) is 0.884. The van der Waals surface area contributed by atoms with Crippen LogP contribution in [0.4, 0.5) is 0 Å². The van der Waals surface area contributed by atoms with Crippen LogP contribution in [0.1, 0.15) is 30.7 Å². The van der Waals surface area contributed by atoms with Crippen molar-refractivity contribution >= 4 is 15.9 Å². The highest BCUT2D eigenvalue weighted by molar-refractivity contribution is 7.89. The first-order valence-electron chi connectivity index (χ1n) is 7.72. The Morgan fingerprint density at radius 2 is 1.82 bits per heavy atom. The Kier molecular flexibility index (Phi) is 3.98. The third kappa shape index (κ3) is 2.54. The topological polar surface area (TPSA) is 86.4 Å². The minimum Gasteiger partial charge on any atom is -0.340 e. The molecule has 0 spiro atoms. The molecule has 0 bridgehead atoms. The molecular weight excluding hydrogens is 304 g/mol. The molecule has 2 heterocycles. The highest BCUT2D eigenvalue weighted by Gasteiger charge is 2.35. The van der Waals surface area contributed by atoms with Gasteiger partial charge in [0.2, 0.25) is 15.9 Å². The molecule has 1 saturated heterocycles. The van der Waals surface area contributed by atoms with Gasteiger partial charge in [-0.3, -0.25) is 9.89 Å². The van der Waals surface area contributed by atoms with E-state index >= 15 is 0 Å². The first kappa shape index (κ1) is 15.5. The fourth-order valence-corrected chi connectivity index (χ4v) is 4.87. The number of amides is 1. The molecule has 7 nitrogen and oxygen atoms in total. The van der Waals surface area contributed by atoms with Crippen molar-refractivity contribution in [3.8, 4) is 0 Å². The van der Waals surface area contributed by atoms with E-state index in [9.17, 15) is 13.2 Å². The molecule has 0 radical (unpaired) electrons. The SMILES string of the molecule is Cc1n[nH]c(C)c1S(=O)(=O)N1CCN(C(=O)C2CCC2)CC1. The van der Waals surface area contributed by atoms with Gasteiger partial charge in [-0.05, 0) is 26.7 Å². The highest BCUT2D eigenvalue weighted by Crippen LogP contribution is 2.29. The second-order valence-corrected chi connectivity index (χ2v) is 8.00. The van der Waals surface area contributed by atoms with Crippen LogP contribution in [0, 0.1) is 19.8 Å². The van der Waals surface area contributed by atoms with Crippen molar-refractivity contribution < 1.29 is 13.2 Å². The minimum atomic E-state index is -3.54. The molecule has 2 aliphatic rings. The number of piperazine rings is 1. The molecule has 8 heteroatoms. The van der Waals surface area contributed by atoms with E-state index in [1.807, 2.05) is 4.90 Å². The average Bonchev–Trinajstić information content (AvgIpc) is 2.77. The van der Waals surface area contributed by atoms with Crippen LogP contribution in [0.3, 0.4) is 0 Å². The normalized spacial score (nSPS) is 20.9. The molecule has 1 aliphatic heterocycles. The molecule has 0 aromatic carbocycles. The Morgan fingerprint density at radius 1 is 1.18 bits per heavy atom. The van der Waals surface area contributed by atoms with Crippen LogP contribution in [0.5, 0.6) is 0 Å². The summed E-state index contributed by atoms with van der Waals surface area (Å²) in [5.74, 6) is 0.362. The maximum absolute atomic E-state index is 12.7. The van der Waals surface area contributed by atoms with Gasteiger partial charge in [-0.2, -0.15) is 9.40 Å². The lowest BCUT2D eigenvalue weighted by Gasteiger charge is -2.37. The number of sulfonamides is 1. The number of carbonyl (C=O) groups excluding carboxylic acids is 1. The molecule has 1 N–H and O–H groups in total. The lowest BCUT2D eigenvalue weighted by atomic mass is 9.84. The van der Waals surface area contributed by atoms with Gasteiger partial charge in [0.05, 0.1) is 11.4 Å². The number of carbonyl (C=O) groups is 1. The van der Waals surface area contributed by atoms with E-state index in [1.54, 1.807) is 13.8 Å². The van der Waals surface area contributed by atoms with Crippen molar-refractivity contribution in [1.29, 1.82) is 0 Å². The summed E-state index contributed by atoms with van der Waals surface area (Å²) in [6, 6.07) is 0. The van der Waals surface area contributed by atoms with Crippen LogP contribution in [0.25, 0.3) is 0 Å². The zero-order valence-corrected chi connectivity index (χ0v) is 13.8. The van der Waals surface area contributed by atoms with Gasteiger partial charge in [-0.25, -0.2) is 8.42 Å². The number of aromatic amines is 1. The number of hydrogen-bond donors (Lipinski definition) is 1. The van der Waals surface area contributed by atoms with Crippen molar-refractivity contribution in [3.05, 3.63) is 11.4 Å². The summed E-state index contributed by atoms with van der Waals surface area (Å²) in [6.45, 7) is 5.06. The van der Waals surface area contributed by atoms with Gasteiger partial charge in [0.1, 0.15) is 4.90 Å². The predicted octanol–water partition coefficient (Wildman–Crippen LogP) is 0.660. The van der Waals surface area contributed by atoms with Gasteiger partial charge in [-0.15, -0.1) is 0 Å². The zero-order valence-electron chi connectivity index (χ0n) is 13.0. The van der Waals surface area contributed by atoms with Crippen LogP contribution in [-0.2, 0) is 14.8 Å². The standard InChI is InChI=1S/C14H22N4O3S/c1-10-13(11(2)16-15-10)22(20,21)18-8-6-17(7-9-18)14(19)12-4-3-5-12/h12H,3-9H2,1-2H3,(H,15,16). The van der Waals surface area contributed by atoms with Crippen molar-refractivity contribution in [1.82, 2.24) is 19.4 Å². The molecule has 2 fully saturated rings. The molecule has 1 aliphatic carbocycles. The first-order chi connectivity index (χ1) is 10.4. The van der Waals surface area contributed by atoms with E-state index < -0.39 is 10.0 Å². The molecule has 3 rings (SSSR count). The summed E-state index contributed by atoms with van der Waals surface area (Å²) in [6.07, 6.45) is 3.08. The lowest BCUT2D eigenvalue weighted by molar-refractivity contribution is -0.139. The predicted molar refractivity (Wildman–Crippen MR) is 80.7 cm³/mol. The molecule has 122 valence electrons. The van der Waals surface area contributed by atoms with Crippen molar-refractivity contribution in [2.75, 3.05) is 26.2 Å². The third-order valence-corrected chi connectivity index (χ3v) is 6.83. The van der Waals surface area contributed by atoms with Gasteiger partial charge in [0, 0.05) is 32.1 Å². The van der Waals surface area contributed by atoms with E-state index in [0.29, 0.717) is 37.6 Å². The fourth-order valence-electron chi connectivity index (χ4n) is 3.11. The van der Waals surface area contributed by atoms with Gasteiger partial charge in [0.25, 0.3) is 0 Å². The number of H-pyrrole nitrogens is 1. The van der Waals surface area contributed by atoms with Crippen LogP contribution >= 0.6 is 0 Å². The van der Waals surface area contributed by atoms with E-state index in [1.165, 1.54) is 4.31 Å². The number of aromatic nitrogens is 2. The molecule has 1 amide bonds. The molecule has 1 saturated carbocycles. The van der Waals surface area contributed by atoms with Crippen molar-refractivity contribution in [2.24, 2.45) is 5.92 Å². The Balaban J connectivity index is 1.69. The summed E-state index contributed by atoms with van der Waals surface area (Å²) in [4.78, 5) is 14.3. The number of aryl methyl sites for hydroxylation is 2. The fraction of sp³-hybridized carbons (Fsp3) is 0.714. The number of hydrogen-bond acceptors (Lipinski definition) is 4. The van der Waals surface area contributed by atoms with Crippen LogP contribution in [-0.4, -0.2) is 59.9 Å². The Hall–Kier alpha value is -1.41. The molecule has 0 unspecified atom stereocenters. The van der Waals surface area contributed by atoms with E-state index in [0.717, 1.165) is 19.3 Å². The maximum atomic E-state index is 12.7. The van der Waals surface area contributed by atoms with E-state index in [2.05, 4.69) is 10.2 Å². The van der Waals surface area contributed by atoms with Gasteiger partial charge < -0.3 is 4.90 Å². The summed E-state index contributed by atoms with van der Waals surface area (Å²) in [5.41, 5.74) is 1.05. The first-order valence-corrected chi connectivity index (χ1v) is 9.16. The molecule has 0 atom stereocenters. The van der Waals surface area contributed by atoms with Crippen LogP contribution in [0.2, 0.25) is 0 Å². The molecule has 22 heavy (non-hydrogen) atoms. The molecule has 1 aromatic heterocycles. The lowest BCUT2D eigenvalue weighted by Crippen LogP contribution is -2.52. The minimum absolute atomic E-state index is 0.168. The number of rotatable bonds is 3. The van der Waals surface area contributed by atoms with E-state index in [-0.39, 0.29) is 16.7 Å².